The third-order valence-electron chi connectivity index (χ3n) is 3.82. The number of anilines is 1. The van der Waals surface area contributed by atoms with Gasteiger partial charge in [-0.25, -0.2) is 4.79 Å². The molecule has 1 amide bonds. The Morgan fingerprint density at radius 2 is 1.92 bits per heavy atom. The average Bonchev–Trinajstić information content (AvgIpc) is 2.95. The lowest BCUT2D eigenvalue weighted by Gasteiger charge is -2.11. The minimum Gasteiger partial charge on any atom is -0.482 e. The number of hydrogen-bond acceptors (Lipinski definition) is 5. The lowest BCUT2D eigenvalue weighted by molar-refractivity contribution is -0.142. The molecule has 2 aromatic carbocycles. The molecule has 1 heterocycles. The molecule has 0 saturated heterocycles. The number of para-hydroxylation sites is 1. The van der Waals surface area contributed by atoms with Gasteiger partial charge in [-0.15, -0.1) is 0 Å². The number of carbonyl (C=O) groups is 2. The van der Waals surface area contributed by atoms with Crippen molar-refractivity contribution in [2.24, 2.45) is 5.10 Å². The third kappa shape index (κ3) is 3.80. The van der Waals surface area contributed by atoms with E-state index in [4.69, 9.17) is 4.74 Å². The molecule has 132 valence electrons. The van der Waals surface area contributed by atoms with Crippen LogP contribution >= 0.6 is 0 Å². The van der Waals surface area contributed by atoms with Crippen molar-refractivity contribution in [1.29, 1.82) is 0 Å². The number of esters is 1. The van der Waals surface area contributed by atoms with Gasteiger partial charge in [0.05, 0.1) is 24.1 Å². The summed E-state index contributed by atoms with van der Waals surface area (Å²) in [6, 6.07) is 16.4. The van der Waals surface area contributed by atoms with E-state index in [9.17, 15) is 9.59 Å². The molecule has 3 rings (SSSR count). The van der Waals surface area contributed by atoms with Crippen molar-refractivity contribution < 1.29 is 19.1 Å². The van der Waals surface area contributed by atoms with E-state index in [0.717, 1.165) is 11.3 Å². The summed E-state index contributed by atoms with van der Waals surface area (Å²) < 4.78 is 9.93. The number of ether oxygens (including phenoxy) is 2. The largest absolute Gasteiger partial charge is 0.482 e. The fourth-order valence-corrected chi connectivity index (χ4v) is 2.49. The molecule has 0 saturated carbocycles. The molecule has 0 fully saturated rings. The second-order valence-electron chi connectivity index (χ2n) is 5.63. The molecule has 0 spiro atoms. The number of nitrogens with zero attached hydrogens (tertiary/aromatic N) is 2. The van der Waals surface area contributed by atoms with Gasteiger partial charge in [-0.05, 0) is 42.8 Å². The van der Waals surface area contributed by atoms with Crippen molar-refractivity contribution in [1.82, 2.24) is 0 Å². The fraction of sp³-hybridized carbons (Fsp3) is 0.150. The molecule has 1 aliphatic rings. The van der Waals surface area contributed by atoms with Crippen LogP contribution in [0.1, 0.15) is 12.5 Å². The maximum atomic E-state index is 12.7. The molecular weight excluding hydrogens is 332 g/mol. The summed E-state index contributed by atoms with van der Waals surface area (Å²) in [5.41, 5.74) is 2.65. The number of hydrogen-bond donors (Lipinski definition) is 0. The summed E-state index contributed by atoms with van der Waals surface area (Å²) in [5.74, 6) is -0.125. The summed E-state index contributed by atoms with van der Waals surface area (Å²) in [6.07, 6.45) is 1.76. The van der Waals surface area contributed by atoms with Gasteiger partial charge in [0.2, 0.25) is 0 Å². The van der Waals surface area contributed by atoms with Gasteiger partial charge in [-0.3, -0.25) is 4.79 Å². The van der Waals surface area contributed by atoms with E-state index in [0.29, 0.717) is 17.0 Å². The van der Waals surface area contributed by atoms with Crippen LogP contribution in [0.4, 0.5) is 5.69 Å². The van der Waals surface area contributed by atoms with Crippen LogP contribution in [0.2, 0.25) is 0 Å². The van der Waals surface area contributed by atoms with Crippen LogP contribution in [0.5, 0.6) is 5.75 Å². The SMILES string of the molecule is COC(=O)COc1cccc(/C=C2/C(=O)N(c3ccccc3)N=C2C)c1. The van der Waals surface area contributed by atoms with Crippen LogP contribution in [0, 0.1) is 0 Å². The standard InChI is InChI=1S/C20H18N2O4/c1-14-18(20(24)22(21-14)16-8-4-3-5-9-16)12-15-7-6-10-17(11-15)26-13-19(23)25-2/h3-12H,13H2,1-2H3/b18-12+. The van der Waals surface area contributed by atoms with E-state index < -0.39 is 5.97 Å². The Morgan fingerprint density at radius 1 is 1.15 bits per heavy atom. The molecule has 2 aromatic rings. The number of methoxy groups -OCH3 is 1. The first-order valence-corrected chi connectivity index (χ1v) is 8.05. The van der Waals surface area contributed by atoms with E-state index >= 15 is 0 Å². The van der Waals surface area contributed by atoms with Gasteiger partial charge < -0.3 is 9.47 Å². The summed E-state index contributed by atoms with van der Waals surface area (Å²) in [5, 5.41) is 5.74. The number of benzene rings is 2. The van der Waals surface area contributed by atoms with Crippen molar-refractivity contribution in [2.45, 2.75) is 6.92 Å². The van der Waals surface area contributed by atoms with Crippen LogP contribution in [0.25, 0.3) is 6.08 Å². The molecule has 6 heteroatoms. The Hall–Kier alpha value is -3.41. The van der Waals surface area contributed by atoms with E-state index in [-0.39, 0.29) is 12.5 Å². The Balaban J connectivity index is 1.81. The van der Waals surface area contributed by atoms with Gasteiger partial charge in [0.15, 0.2) is 6.61 Å². The first-order valence-electron chi connectivity index (χ1n) is 8.05. The average molecular weight is 350 g/mol. The van der Waals surface area contributed by atoms with E-state index in [2.05, 4.69) is 9.84 Å². The van der Waals surface area contributed by atoms with Gasteiger partial charge in [0, 0.05) is 0 Å². The third-order valence-corrected chi connectivity index (χ3v) is 3.82. The van der Waals surface area contributed by atoms with E-state index in [1.54, 1.807) is 31.2 Å². The van der Waals surface area contributed by atoms with Gasteiger partial charge in [0.1, 0.15) is 5.75 Å². The molecule has 0 bridgehead atoms. The Bertz CT molecular complexity index is 888. The summed E-state index contributed by atoms with van der Waals surface area (Å²) in [6.45, 7) is 1.63. The highest BCUT2D eigenvalue weighted by molar-refractivity contribution is 6.32. The van der Waals surface area contributed by atoms with Crippen LogP contribution in [-0.4, -0.2) is 31.3 Å². The first-order chi connectivity index (χ1) is 12.6. The lowest BCUT2D eigenvalue weighted by atomic mass is 10.1. The van der Waals surface area contributed by atoms with Crippen molar-refractivity contribution >= 4 is 29.4 Å². The molecule has 0 atom stereocenters. The van der Waals surface area contributed by atoms with Gasteiger partial charge in [-0.2, -0.15) is 10.1 Å². The predicted octanol–water partition coefficient (Wildman–Crippen LogP) is 3.04. The Labute approximate surface area is 151 Å². The number of amides is 1. The van der Waals surface area contributed by atoms with Crippen LogP contribution in [0.15, 0.2) is 65.3 Å². The zero-order valence-corrected chi connectivity index (χ0v) is 14.5. The molecular formula is C20H18N2O4. The zero-order chi connectivity index (χ0) is 18.5. The molecule has 0 aromatic heterocycles. The topological polar surface area (TPSA) is 68.2 Å². The summed E-state index contributed by atoms with van der Waals surface area (Å²) in [7, 11) is 1.30. The van der Waals surface area contributed by atoms with Crippen LogP contribution < -0.4 is 9.75 Å². The van der Waals surface area contributed by atoms with Gasteiger partial charge >= 0.3 is 5.97 Å². The molecule has 0 N–H and O–H groups in total. The second-order valence-corrected chi connectivity index (χ2v) is 5.63. The lowest BCUT2D eigenvalue weighted by Crippen LogP contribution is -2.21. The molecule has 0 aliphatic carbocycles. The van der Waals surface area contributed by atoms with E-state index in [1.807, 2.05) is 36.4 Å². The maximum Gasteiger partial charge on any atom is 0.343 e. The van der Waals surface area contributed by atoms with Crippen molar-refractivity contribution in [3.05, 3.63) is 65.7 Å². The summed E-state index contributed by atoms with van der Waals surface area (Å²) >= 11 is 0. The van der Waals surface area contributed by atoms with E-state index in [1.165, 1.54) is 12.1 Å². The van der Waals surface area contributed by atoms with Crippen molar-refractivity contribution in [3.8, 4) is 5.75 Å². The van der Waals surface area contributed by atoms with Gasteiger partial charge in [-0.1, -0.05) is 30.3 Å². The predicted molar refractivity (Wildman–Crippen MR) is 99.0 cm³/mol. The quantitative estimate of drug-likeness (QED) is 0.614. The zero-order valence-electron chi connectivity index (χ0n) is 14.5. The smallest absolute Gasteiger partial charge is 0.343 e. The monoisotopic (exact) mass is 350 g/mol. The normalized spacial score (nSPS) is 15.2. The number of carbonyl (C=O) groups excluding carboxylic acids is 2. The second kappa shape index (κ2) is 7.65. The number of hydrazone groups is 1. The summed E-state index contributed by atoms with van der Waals surface area (Å²) in [4.78, 5) is 23.9. The van der Waals surface area contributed by atoms with Crippen molar-refractivity contribution in [3.63, 3.8) is 0 Å². The Kier molecular flexibility index (Phi) is 5.12. The molecule has 1 aliphatic heterocycles. The minimum absolute atomic E-state index is 0.169. The van der Waals surface area contributed by atoms with Gasteiger partial charge in [0.25, 0.3) is 5.91 Å². The minimum atomic E-state index is -0.457. The van der Waals surface area contributed by atoms with Crippen LogP contribution in [0.3, 0.4) is 0 Å². The molecule has 0 unspecified atom stereocenters. The molecule has 6 nitrogen and oxygen atoms in total. The fourth-order valence-electron chi connectivity index (χ4n) is 2.49. The highest BCUT2D eigenvalue weighted by Gasteiger charge is 2.28. The maximum absolute atomic E-state index is 12.7. The highest BCUT2D eigenvalue weighted by Crippen LogP contribution is 2.25. The number of rotatable bonds is 5. The Morgan fingerprint density at radius 3 is 2.65 bits per heavy atom. The first kappa shape index (κ1) is 17.4. The molecule has 26 heavy (non-hydrogen) atoms. The highest BCUT2D eigenvalue weighted by atomic mass is 16.6. The van der Waals surface area contributed by atoms with Crippen molar-refractivity contribution in [2.75, 3.05) is 18.7 Å². The molecule has 0 radical (unpaired) electrons. The van der Waals surface area contributed by atoms with Crippen LogP contribution in [-0.2, 0) is 14.3 Å².